The molecule has 0 bridgehead atoms. The first kappa shape index (κ1) is 18.2. The molecule has 1 heterocycles. The monoisotopic (exact) mass is 337 g/mol. The highest BCUT2D eigenvalue weighted by Crippen LogP contribution is 2.15. The molecule has 0 unspecified atom stereocenters. The molecule has 1 aromatic heterocycles. The molecule has 0 saturated heterocycles. The first-order chi connectivity index (χ1) is 12.2. The molecule has 0 spiro atoms. The van der Waals surface area contributed by atoms with Gasteiger partial charge in [-0.15, -0.1) is 0 Å². The van der Waals surface area contributed by atoms with Crippen molar-refractivity contribution in [3.05, 3.63) is 60.2 Å². The maximum absolute atomic E-state index is 11.9. The highest BCUT2D eigenvalue weighted by molar-refractivity contribution is 5.97. The summed E-state index contributed by atoms with van der Waals surface area (Å²) in [5.74, 6) is 0.223. The number of nitrogens with zero attached hydrogens (tertiary/aromatic N) is 2. The van der Waals surface area contributed by atoms with Crippen LogP contribution in [0.15, 0.2) is 59.6 Å². The Morgan fingerprint density at radius 1 is 1.12 bits per heavy atom. The number of para-hydroxylation sites is 2. The molecule has 4 N–H and O–H groups in total. The largest absolute Gasteiger partial charge is 0.369 e. The Labute approximate surface area is 147 Å². The summed E-state index contributed by atoms with van der Waals surface area (Å²) in [5.41, 5.74) is 8.53. The summed E-state index contributed by atoms with van der Waals surface area (Å²) in [5, 5.41) is 2.57. The Hall–Kier alpha value is -3.15. The Bertz CT molecular complexity index is 806. The lowest BCUT2D eigenvalue weighted by Crippen LogP contribution is -2.36. The zero-order chi connectivity index (χ0) is 18.1. The van der Waals surface area contributed by atoms with E-state index in [2.05, 4.69) is 20.3 Å². The number of aliphatic imine (C=N–C) groups is 1. The molecule has 3 rings (SSSR count). The number of rotatable bonds is 4. The van der Waals surface area contributed by atoms with Crippen LogP contribution in [0.3, 0.4) is 0 Å². The number of benzene rings is 2. The number of nitrogens with two attached hydrogens (primary N) is 1. The van der Waals surface area contributed by atoms with Crippen molar-refractivity contribution in [2.24, 2.45) is 10.7 Å². The van der Waals surface area contributed by atoms with Gasteiger partial charge in [0.05, 0.1) is 11.0 Å². The van der Waals surface area contributed by atoms with Gasteiger partial charge >= 0.3 is 0 Å². The Kier molecular flexibility index (Phi) is 6.71. The minimum atomic E-state index is -0.175. The van der Waals surface area contributed by atoms with Gasteiger partial charge in [-0.2, -0.15) is 4.99 Å². The molecule has 1 amide bonds. The molecule has 0 atom stereocenters. The molecular formula is C19H23N5O. The normalized spacial score (nSPS) is 10.9. The van der Waals surface area contributed by atoms with Crippen LogP contribution in [-0.2, 0) is 11.2 Å². The van der Waals surface area contributed by atoms with E-state index in [4.69, 9.17) is 5.73 Å². The topological polar surface area (TPSA) is 96.2 Å². The number of carbonyl (C=O) groups excluding carboxylic acids is 1. The maximum Gasteiger partial charge on any atom is 0.231 e. The zero-order valence-electron chi connectivity index (χ0n) is 14.5. The second-order valence-electron chi connectivity index (χ2n) is 5.11. The minimum absolute atomic E-state index is 0.0297. The number of aromatic amines is 1. The van der Waals surface area contributed by atoms with Crippen LogP contribution in [0.2, 0.25) is 0 Å². The lowest BCUT2D eigenvalue weighted by molar-refractivity contribution is -0.119. The number of carbonyl (C=O) groups is 1. The molecule has 3 aromatic rings. The van der Waals surface area contributed by atoms with E-state index in [1.54, 1.807) is 0 Å². The highest BCUT2D eigenvalue weighted by Gasteiger charge is 2.06. The molecule has 6 heteroatoms. The number of nitrogens with one attached hydrogen (secondary N) is 2. The van der Waals surface area contributed by atoms with Gasteiger partial charge in [-0.05, 0) is 24.1 Å². The van der Waals surface area contributed by atoms with E-state index in [9.17, 15) is 4.79 Å². The third-order valence-electron chi connectivity index (χ3n) is 3.35. The third kappa shape index (κ3) is 5.46. The molecule has 0 saturated carbocycles. The van der Waals surface area contributed by atoms with E-state index >= 15 is 0 Å². The number of hydrogen-bond acceptors (Lipinski definition) is 3. The summed E-state index contributed by atoms with van der Waals surface area (Å²) in [6, 6.07) is 17.4. The third-order valence-corrected chi connectivity index (χ3v) is 3.35. The molecule has 0 fully saturated rings. The highest BCUT2D eigenvalue weighted by atomic mass is 16.1. The van der Waals surface area contributed by atoms with Crippen LogP contribution in [0.1, 0.15) is 25.8 Å². The molecule has 0 aliphatic rings. The molecule has 6 nitrogen and oxygen atoms in total. The van der Waals surface area contributed by atoms with Crippen molar-refractivity contribution in [2.45, 2.75) is 26.7 Å². The quantitative estimate of drug-likeness (QED) is 0.503. The Balaban J connectivity index is 0.00000109. The number of H-pyrrole nitrogens is 1. The van der Waals surface area contributed by atoms with Crippen LogP contribution in [0.4, 0.5) is 5.95 Å². The van der Waals surface area contributed by atoms with Crippen molar-refractivity contribution in [3.8, 4) is 0 Å². The number of aromatic nitrogens is 2. The summed E-state index contributed by atoms with van der Waals surface area (Å²) in [6.45, 7) is 4.00. The fourth-order valence-electron chi connectivity index (χ4n) is 2.24. The number of guanidine groups is 1. The number of amides is 1. The fraction of sp³-hybridized carbons (Fsp3) is 0.211. The van der Waals surface area contributed by atoms with E-state index in [1.165, 1.54) is 0 Å². The van der Waals surface area contributed by atoms with Gasteiger partial charge in [-0.1, -0.05) is 56.3 Å². The van der Waals surface area contributed by atoms with Crippen molar-refractivity contribution in [1.29, 1.82) is 0 Å². The molecule has 130 valence electrons. The van der Waals surface area contributed by atoms with Gasteiger partial charge in [0.2, 0.25) is 17.8 Å². The minimum Gasteiger partial charge on any atom is -0.369 e. The number of fused-ring (bicyclic) bond motifs is 1. The van der Waals surface area contributed by atoms with E-state index < -0.39 is 0 Å². The van der Waals surface area contributed by atoms with Crippen molar-refractivity contribution < 1.29 is 4.79 Å². The van der Waals surface area contributed by atoms with Crippen LogP contribution in [0.5, 0.6) is 0 Å². The number of aryl methyl sites for hydroxylation is 1. The van der Waals surface area contributed by atoms with E-state index in [0.29, 0.717) is 18.8 Å². The van der Waals surface area contributed by atoms with Gasteiger partial charge in [0, 0.05) is 6.42 Å². The molecule has 0 aliphatic heterocycles. The van der Waals surface area contributed by atoms with Gasteiger partial charge in [0.15, 0.2) is 0 Å². The first-order valence-corrected chi connectivity index (χ1v) is 8.33. The summed E-state index contributed by atoms with van der Waals surface area (Å²) >= 11 is 0. The number of hydrogen-bond donors (Lipinski definition) is 3. The van der Waals surface area contributed by atoms with E-state index in [1.807, 2.05) is 68.4 Å². The van der Waals surface area contributed by atoms with Gasteiger partial charge in [0.1, 0.15) is 0 Å². The number of imidazole rings is 1. The van der Waals surface area contributed by atoms with Gasteiger partial charge in [-0.25, -0.2) is 4.98 Å². The van der Waals surface area contributed by atoms with Gasteiger partial charge in [-0.3, -0.25) is 10.1 Å². The molecule has 2 aromatic carbocycles. The summed E-state index contributed by atoms with van der Waals surface area (Å²) < 4.78 is 0. The van der Waals surface area contributed by atoms with Crippen LogP contribution >= 0.6 is 0 Å². The SMILES string of the molecule is CC.N/C(=N\c1nc2ccccc2[nH]1)NC(=O)CCc1ccccc1. The molecule has 0 radical (unpaired) electrons. The average Bonchev–Trinajstić information content (AvgIpc) is 3.04. The van der Waals surface area contributed by atoms with Crippen LogP contribution in [0.25, 0.3) is 11.0 Å². The van der Waals surface area contributed by atoms with Crippen LogP contribution in [-0.4, -0.2) is 21.8 Å². The van der Waals surface area contributed by atoms with E-state index in [0.717, 1.165) is 16.6 Å². The lowest BCUT2D eigenvalue weighted by Gasteiger charge is -2.03. The smallest absolute Gasteiger partial charge is 0.231 e. The summed E-state index contributed by atoms with van der Waals surface area (Å²) in [7, 11) is 0. The zero-order valence-corrected chi connectivity index (χ0v) is 14.5. The fourth-order valence-corrected chi connectivity index (χ4v) is 2.24. The van der Waals surface area contributed by atoms with Crippen molar-refractivity contribution >= 4 is 28.8 Å². The van der Waals surface area contributed by atoms with Crippen molar-refractivity contribution in [1.82, 2.24) is 15.3 Å². The standard InChI is InChI=1S/C17H17N5O.C2H6/c18-16(21-15(23)11-10-12-6-2-1-3-7-12)22-17-19-13-8-4-5-9-14(13)20-17;1-2/h1-9H,10-11H2,(H4,18,19,20,21,22,23);1-2H3. The molecule has 0 aliphatic carbocycles. The average molecular weight is 337 g/mol. The second-order valence-corrected chi connectivity index (χ2v) is 5.11. The summed E-state index contributed by atoms with van der Waals surface area (Å²) in [4.78, 5) is 23.3. The first-order valence-electron chi connectivity index (χ1n) is 8.33. The van der Waals surface area contributed by atoms with Gasteiger partial charge in [0.25, 0.3) is 0 Å². The molecule has 25 heavy (non-hydrogen) atoms. The Morgan fingerprint density at radius 3 is 2.52 bits per heavy atom. The van der Waals surface area contributed by atoms with Crippen molar-refractivity contribution in [3.63, 3.8) is 0 Å². The predicted molar refractivity (Wildman–Crippen MR) is 102 cm³/mol. The van der Waals surface area contributed by atoms with E-state index in [-0.39, 0.29) is 11.9 Å². The van der Waals surface area contributed by atoms with Crippen molar-refractivity contribution in [2.75, 3.05) is 0 Å². The van der Waals surface area contributed by atoms with Crippen LogP contribution < -0.4 is 11.1 Å². The lowest BCUT2D eigenvalue weighted by atomic mass is 10.1. The van der Waals surface area contributed by atoms with Gasteiger partial charge < -0.3 is 10.7 Å². The molecular weight excluding hydrogens is 314 g/mol. The Morgan fingerprint density at radius 2 is 1.80 bits per heavy atom. The maximum atomic E-state index is 11.9. The predicted octanol–water partition coefficient (Wildman–Crippen LogP) is 3.28. The second kappa shape index (κ2) is 9.22. The summed E-state index contributed by atoms with van der Waals surface area (Å²) in [6.07, 6.45) is 1.00. The van der Waals surface area contributed by atoms with Crippen LogP contribution in [0, 0.1) is 0 Å².